The first-order valence-corrected chi connectivity index (χ1v) is 5.31. The van der Waals surface area contributed by atoms with Gasteiger partial charge >= 0.3 is 0 Å². The third-order valence-electron chi connectivity index (χ3n) is 2.14. The second-order valence-corrected chi connectivity index (χ2v) is 4.44. The smallest absolute Gasteiger partial charge is 0.0680 e. The molecule has 0 radical (unpaired) electrons. The first-order chi connectivity index (χ1) is 6.70. The van der Waals surface area contributed by atoms with E-state index in [1.165, 1.54) is 15.3 Å². The van der Waals surface area contributed by atoms with Gasteiger partial charge in [0.25, 0.3) is 0 Å². The van der Waals surface area contributed by atoms with Gasteiger partial charge in [0.15, 0.2) is 0 Å². The van der Waals surface area contributed by atoms with Crippen LogP contribution >= 0.6 is 11.3 Å². The highest BCUT2D eigenvalue weighted by Gasteiger charge is 2.07. The van der Waals surface area contributed by atoms with E-state index < -0.39 is 0 Å². The highest BCUT2D eigenvalue weighted by molar-refractivity contribution is 7.15. The molecular formula is C10H13N3S. The van der Waals surface area contributed by atoms with Crippen molar-refractivity contribution in [1.29, 1.82) is 0 Å². The highest BCUT2D eigenvalue weighted by atomic mass is 32.1. The van der Waals surface area contributed by atoms with Crippen molar-refractivity contribution in [3.05, 3.63) is 28.9 Å². The monoisotopic (exact) mass is 207 g/mol. The first kappa shape index (κ1) is 9.43. The molecule has 74 valence electrons. The van der Waals surface area contributed by atoms with E-state index in [1.54, 1.807) is 11.3 Å². The molecule has 4 heteroatoms. The molecule has 3 nitrogen and oxygen atoms in total. The van der Waals surface area contributed by atoms with Crippen molar-refractivity contribution in [1.82, 2.24) is 9.78 Å². The number of thiophene rings is 1. The molecule has 0 fully saturated rings. The van der Waals surface area contributed by atoms with E-state index in [-0.39, 0.29) is 0 Å². The molecule has 0 aliphatic rings. The third kappa shape index (κ3) is 1.58. The van der Waals surface area contributed by atoms with Crippen LogP contribution in [-0.2, 0) is 13.6 Å². The van der Waals surface area contributed by atoms with Crippen molar-refractivity contribution in [2.24, 2.45) is 12.8 Å². The Labute approximate surface area is 87.2 Å². The van der Waals surface area contributed by atoms with Gasteiger partial charge in [-0.1, -0.05) is 0 Å². The van der Waals surface area contributed by atoms with Gasteiger partial charge in [-0.15, -0.1) is 11.3 Å². The number of aromatic nitrogens is 2. The fourth-order valence-corrected chi connectivity index (χ4v) is 2.42. The zero-order chi connectivity index (χ0) is 10.1. The van der Waals surface area contributed by atoms with E-state index in [1.807, 2.05) is 24.9 Å². The maximum Gasteiger partial charge on any atom is 0.0680 e. The SMILES string of the molecule is Cc1nn(C)cc1-c1ccc(CN)s1. The van der Waals surface area contributed by atoms with Gasteiger partial charge in [-0.3, -0.25) is 4.68 Å². The van der Waals surface area contributed by atoms with E-state index in [4.69, 9.17) is 5.73 Å². The average molecular weight is 207 g/mol. The average Bonchev–Trinajstić information content (AvgIpc) is 2.71. The summed E-state index contributed by atoms with van der Waals surface area (Å²) in [5, 5.41) is 4.31. The lowest BCUT2D eigenvalue weighted by molar-refractivity contribution is 0.756. The van der Waals surface area contributed by atoms with Crippen LogP contribution in [0.1, 0.15) is 10.6 Å². The summed E-state index contributed by atoms with van der Waals surface area (Å²) < 4.78 is 1.84. The third-order valence-corrected chi connectivity index (χ3v) is 3.28. The Balaban J connectivity index is 2.43. The molecule has 0 saturated heterocycles. The fourth-order valence-electron chi connectivity index (χ4n) is 1.47. The number of nitrogens with two attached hydrogens (primary N) is 1. The van der Waals surface area contributed by atoms with Crippen molar-refractivity contribution in [2.45, 2.75) is 13.5 Å². The van der Waals surface area contributed by atoms with E-state index in [0.29, 0.717) is 6.54 Å². The van der Waals surface area contributed by atoms with Crippen molar-refractivity contribution in [3.8, 4) is 10.4 Å². The normalized spacial score (nSPS) is 10.8. The molecule has 0 spiro atoms. The molecular weight excluding hydrogens is 194 g/mol. The molecule has 0 atom stereocenters. The molecule has 2 aromatic heterocycles. The minimum absolute atomic E-state index is 0.615. The predicted molar refractivity (Wildman–Crippen MR) is 59.1 cm³/mol. The molecule has 2 aromatic rings. The molecule has 0 aromatic carbocycles. The van der Waals surface area contributed by atoms with E-state index >= 15 is 0 Å². The van der Waals surface area contributed by atoms with Crippen molar-refractivity contribution in [2.75, 3.05) is 0 Å². The molecule has 2 heterocycles. The number of nitrogens with zero attached hydrogens (tertiary/aromatic N) is 2. The molecule has 14 heavy (non-hydrogen) atoms. The summed E-state index contributed by atoms with van der Waals surface area (Å²) in [5.41, 5.74) is 7.85. The standard InChI is InChI=1S/C10H13N3S/c1-7-9(6-13(2)12-7)10-4-3-8(5-11)14-10/h3-4,6H,5,11H2,1-2H3. The van der Waals surface area contributed by atoms with Gasteiger partial charge in [0.05, 0.1) is 5.69 Å². The maximum atomic E-state index is 5.57. The molecule has 2 N–H and O–H groups in total. The molecule has 0 unspecified atom stereocenters. The quantitative estimate of drug-likeness (QED) is 0.817. The Morgan fingerprint density at radius 3 is 2.79 bits per heavy atom. The Morgan fingerprint density at radius 2 is 2.29 bits per heavy atom. The van der Waals surface area contributed by atoms with Gasteiger partial charge in [0.2, 0.25) is 0 Å². The van der Waals surface area contributed by atoms with Crippen molar-refractivity contribution in [3.63, 3.8) is 0 Å². The lowest BCUT2D eigenvalue weighted by atomic mass is 10.2. The summed E-state index contributed by atoms with van der Waals surface area (Å²) in [5.74, 6) is 0. The summed E-state index contributed by atoms with van der Waals surface area (Å²) in [4.78, 5) is 2.46. The van der Waals surface area contributed by atoms with Crippen LogP contribution in [0.15, 0.2) is 18.3 Å². The van der Waals surface area contributed by atoms with Crippen LogP contribution in [0, 0.1) is 6.92 Å². The minimum atomic E-state index is 0.615. The van der Waals surface area contributed by atoms with Crippen LogP contribution in [0.25, 0.3) is 10.4 Å². The maximum absolute atomic E-state index is 5.57. The van der Waals surface area contributed by atoms with Crippen LogP contribution in [0.4, 0.5) is 0 Å². The zero-order valence-corrected chi connectivity index (χ0v) is 9.14. The molecule has 0 aliphatic carbocycles. The van der Waals surface area contributed by atoms with Gasteiger partial charge in [-0.25, -0.2) is 0 Å². The van der Waals surface area contributed by atoms with Gasteiger partial charge < -0.3 is 5.73 Å². The van der Waals surface area contributed by atoms with Crippen LogP contribution in [0.3, 0.4) is 0 Å². The molecule has 0 saturated carbocycles. The Kier molecular flexibility index (Phi) is 2.39. The van der Waals surface area contributed by atoms with Crippen LogP contribution in [-0.4, -0.2) is 9.78 Å². The Hall–Kier alpha value is -1.13. The molecule has 0 bridgehead atoms. The second-order valence-electron chi connectivity index (χ2n) is 3.27. The minimum Gasteiger partial charge on any atom is -0.326 e. The number of hydrogen-bond donors (Lipinski definition) is 1. The number of aryl methyl sites for hydroxylation is 2. The van der Waals surface area contributed by atoms with Gasteiger partial charge in [0.1, 0.15) is 0 Å². The van der Waals surface area contributed by atoms with Crippen molar-refractivity contribution >= 4 is 11.3 Å². The van der Waals surface area contributed by atoms with E-state index in [2.05, 4.69) is 17.2 Å². The summed E-state index contributed by atoms with van der Waals surface area (Å²) in [7, 11) is 1.94. The zero-order valence-electron chi connectivity index (χ0n) is 8.32. The topological polar surface area (TPSA) is 43.8 Å². The summed E-state index contributed by atoms with van der Waals surface area (Å²) in [6.45, 7) is 2.64. The highest BCUT2D eigenvalue weighted by Crippen LogP contribution is 2.29. The first-order valence-electron chi connectivity index (χ1n) is 4.50. The van der Waals surface area contributed by atoms with E-state index in [9.17, 15) is 0 Å². The Morgan fingerprint density at radius 1 is 1.50 bits per heavy atom. The Bertz CT molecular complexity index is 442. The number of hydrogen-bond acceptors (Lipinski definition) is 3. The molecule has 0 aliphatic heterocycles. The summed E-state index contributed by atoms with van der Waals surface area (Å²) >= 11 is 1.74. The molecule has 0 amide bonds. The molecule has 2 rings (SSSR count). The van der Waals surface area contributed by atoms with Crippen LogP contribution < -0.4 is 5.73 Å². The van der Waals surface area contributed by atoms with Crippen LogP contribution in [0.2, 0.25) is 0 Å². The number of rotatable bonds is 2. The lowest BCUT2D eigenvalue weighted by Crippen LogP contribution is -1.90. The fraction of sp³-hybridized carbons (Fsp3) is 0.300. The van der Waals surface area contributed by atoms with Gasteiger partial charge in [0, 0.05) is 35.1 Å². The van der Waals surface area contributed by atoms with Gasteiger partial charge in [-0.05, 0) is 19.1 Å². The largest absolute Gasteiger partial charge is 0.326 e. The summed E-state index contributed by atoms with van der Waals surface area (Å²) in [6.07, 6.45) is 2.04. The van der Waals surface area contributed by atoms with Crippen LogP contribution in [0.5, 0.6) is 0 Å². The predicted octanol–water partition coefficient (Wildman–Crippen LogP) is 1.92. The lowest BCUT2D eigenvalue weighted by Gasteiger charge is -1.91. The summed E-state index contributed by atoms with van der Waals surface area (Å²) in [6, 6.07) is 4.18. The van der Waals surface area contributed by atoms with E-state index in [0.717, 1.165) is 5.69 Å². The second kappa shape index (κ2) is 3.55. The van der Waals surface area contributed by atoms with Gasteiger partial charge in [-0.2, -0.15) is 5.10 Å². The van der Waals surface area contributed by atoms with Crippen molar-refractivity contribution < 1.29 is 0 Å².